The van der Waals surface area contributed by atoms with Crippen molar-refractivity contribution in [2.24, 2.45) is 0 Å². The first-order chi connectivity index (χ1) is 11.4. The summed E-state index contributed by atoms with van der Waals surface area (Å²) in [5, 5.41) is 4.34. The van der Waals surface area contributed by atoms with E-state index in [9.17, 15) is 23.6 Å². The number of rotatable bonds is 2. The predicted octanol–water partition coefficient (Wildman–Crippen LogP) is -0.198. The molecule has 24 heavy (non-hydrogen) atoms. The van der Waals surface area contributed by atoms with Crippen LogP contribution in [0.4, 0.5) is 10.2 Å². The maximum Gasteiger partial charge on any atom is 0.262 e. The fourth-order valence-electron chi connectivity index (χ4n) is 2.57. The van der Waals surface area contributed by atoms with Gasteiger partial charge in [0.25, 0.3) is 23.3 Å². The Labute approximate surface area is 134 Å². The maximum absolute atomic E-state index is 14.4. The van der Waals surface area contributed by atoms with Gasteiger partial charge in [-0.25, -0.2) is 4.39 Å². The fraction of sp³-hybridized carbons (Fsp3) is 0.0667. The Morgan fingerprint density at radius 3 is 2.62 bits per heavy atom. The van der Waals surface area contributed by atoms with E-state index < -0.39 is 40.6 Å². The van der Waals surface area contributed by atoms with E-state index in [0.717, 1.165) is 12.1 Å². The molecule has 1 aliphatic heterocycles. The zero-order valence-electron chi connectivity index (χ0n) is 12.3. The number of carbonyl (C=O) groups is 3. The number of nitrogens with two attached hydrogens (primary N) is 1. The Morgan fingerprint density at radius 1 is 1.25 bits per heavy atom. The second-order valence-electron chi connectivity index (χ2n) is 4.99. The number of para-hydroxylation sites is 1. The van der Waals surface area contributed by atoms with Gasteiger partial charge in [0.1, 0.15) is 11.6 Å². The minimum absolute atomic E-state index is 0.143. The van der Waals surface area contributed by atoms with E-state index in [-0.39, 0.29) is 16.7 Å². The summed E-state index contributed by atoms with van der Waals surface area (Å²) in [6, 6.07) is 4.54. The first-order valence-corrected chi connectivity index (χ1v) is 6.79. The van der Waals surface area contributed by atoms with Crippen molar-refractivity contribution in [1.82, 2.24) is 15.2 Å². The minimum atomic E-state index is -0.880. The number of benzene rings is 1. The van der Waals surface area contributed by atoms with Gasteiger partial charge in [-0.2, -0.15) is 0 Å². The molecule has 0 spiro atoms. The molecule has 4 N–H and O–H groups in total. The molecule has 1 aliphatic rings. The highest BCUT2D eigenvalue weighted by molar-refractivity contribution is 6.23. The number of anilines is 1. The number of halogens is 1. The van der Waals surface area contributed by atoms with Crippen molar-refractivity contribution in [3.63, 3.8) is 0 Å². The van der Waals surface area contributed by atoms with Crippen LogP contribution in [-0.4, -0.2) is 29.3 Å². The van der Waals surface area contributed by atoms with Crippen LogP contribution in [0.5, 0.6) is 0 Å². The number of aromatic nitrogens is 1. The van der Waals surface area contributed by atoms with Crippen molar-refractivity contribution in [3.8, 4) is 5.69 Å². The first kappa shape index (κ1) is 15.4. The van der Waals surface area contributed by atoms with Crippen molar-refractivity contribution in [1.29, 1.82) is 0 Å². The third-order valence-electron chi connectivity index (χ3n) is 3.64. The van der Waals surface area contributed by atoms with Crippen LogP contribution in [0.3, 0.4) is 0 Å². The lowest BCUT2D eigenvalue weighted by atomic mass is 10.1. The summed E-state index contributed by atoms with van der Waals surface area (Å²) in [6.07, 6.45) is 0. The molecule has 0 atom stereocenters. The molecule has 3 rings (SSSR count). The molecule has 0 saturated carbocycles. The number of fused-ring (bicyclic) bond motifs is 1. The number of nitrogens with zero attached hydrogens (tertiary/aromatic N) is 1. The van der Waals surface area contributed by atoms with Crippen molar-refractivity contribution in [2.45, 2.75) is 0 Å². The standard InChI is InChI=1S/C15H11FN4O4/c1-18-13(22)6-3-2-4-8(16)11(6)20-9(21)5-7-10(12(20)17)15(24)19-14(7)23/h2-5H,17H2,1H3,(H,18,22)(H,19,23,24). The van der Waals surface area contributed by atoms with E-state index in [1.54, 1.807) is 0 Å². The fourth-order valence-corrected chi connectivity index (χ4v) is 2.57. The Kier molecular flexibility index (Phi) is 3.40. The molecule has 1 aromatic heterocycles. The molecule has 0 aliphatic carbocycles. The topological polar surface area (TPSA) is 123 Å². The second kappa shape index (κ2) is 5.30. The minimum Gasteiger partial charge on any atom is -0.384 e. The average molecular weight is 330 g/mol. The van der Waals surface area contributed by atoms with E-state index >= 15 is 0 Å². The molecule has 0 fully saturated rings. The average Bonchev–Trinajstić information content (AvgIpc) is 2.82. The van der Waals surface area contributed by atoms with Gasteiger partial charge in [0.2, 0.25) is 0 Å². The molecule has 8 nitrogen and oxygen atoms in total. The van der Waals surface area contributed by atoms with Gasteiger partial charge >= 0.3 is 0 Å². The third-order valence-corrected chi connectivity index (χ3v) is 3.64. The van der Waals surface area contributed by atoms with Crippen LogP contribution in [0.25, 0.3) is 5.69 Å². The number of amides is 3. The highest BCUT2D eigenvalue weighted by Crippen LogP contribution is 2.26. The predicted molar refractivity (Wildman–Crippen MR) is 81.6 cm³/mol. The molecule has 0 radical (unpaired) electrons. The first-order valence-electron chi connectivity index (χ1n) is 6.79. The van der Waals surface area contributed by atoms with E-state index in [0.29, 0.717) is 4.57 Å². The van der Waals surface area contributed by atoms with Gasteiger partial charge in [-0.05, 0) is 12.1 Å². The van der Waals surface area contributed by atoms with Crippen LogP contribution >= 0.6 is 0 Å². The SMILES string of the molecule is CNC(=O)c1cccc(F)c1-n1c(N)c2c(cc1=O)C(=O)NC2=O. The van der Waals surface area contributed by atoms with Crippen molar-refractivity contribution in [3.05, 3.63) is 57.1 Å². The van der Waals surface area contributed by atoms with Crippen LogP contribution in [0, 0.1) is 5.82 Å². The Morgan fingerprint density at radius 2 is 1.96 bits per heavy atom. The van der Waals surface area contributed by atoms with Gasteiger partial charge in [0, 0.05) is 13.1 Å². The molecule has 122 valence electrons. The third kappa shape index (κ3) is 2.06. The number of pyridine rings is 1. The van der Waals surface area contributed by atoms with Crippen molar-refractivity contribution < 1.29 is 18.8 Å². The summed E-state index contributed by atoms with van der Waals surface area (Å²) in [6.45, 7) is 0. The zero-order valence-corrected chi connectivity index (χ0v) is 12.3. The molecular weight excluding hydrogens is 319 g/mol. The quantitative estimate of drug-likeness (QED) is 0.658. The van der Waals surface area contributed by atoms with Crippen LogP contribution in [0.15, 0.2) is 29.1 Å². The Hall–Kier alpha value is -3.49. The van der Waals surface area contributed by atoms with Gasteiger partial charge in [-0.3, -0.25) is 29.1 Å². The normalized spacial score (nSPS) is 12.8. The molecule has 0 unspecified atom stereocenters. The molecular formula is C15H11FN4O4. The maximum atomic E-state index is 14.4. The van der Waals surface area contributed by atoms with Crippen LogP contribution in [-0.2, 0) is 0 Å². The van der Waals surface area contributed by atoms with Crippen LogP contribution in [0.2, 0.25) is 0 Å². The van der Waals surface area contributed by atoms with Gasteiger partial charge in [0.05, 0.1) is 22.4 Å². The lowest BCUT2D eigenvalue weighted by Gasteiger charge is -2.15. The number of hydrogen-bond acceptors (Lipinski definition) is 5. The van der Waals surface area contributed by atoms with Gasteiger partial charge < -0.3 is 11.1 Å². The van der Waals surface area contributed by atoms with Crippen LogP contribution in [0.1, 0.15) is 31.1 Å². The Bertz CT molecular complexity index is 980. The highest BCUT2D eigenvalue weighted by Gasteiger charge is 2.33. The molecule has 1 aromatic carbocycles. The zero-order chi connectivity index (χ0) is 17.6. The molecule has 3 amide bonds. The van der Waals surface area contributed by atoms with Gasteiger partial charge in [-0.15, -0.1) is 0 Å². The molecule has 2 aromatic rings. The van der Waals surface area contributed by atoms with E-state index in [4.69, 9.17) is 5.73 Å². The summed E-state index contributed by atoms with van der Waals surface area (Å²) in [5.74, 6) is -3.49. The number of hydrogen-bond donors (Lipinski definition) is 3. The van der Waals surface area contributed by atoms with E-state index in [1.807, 2.05) is 5.32 Å². The molecule has 2 heterocycles. The largest absolute Gasteiger partial charge is 0.384 e. The summed E-state index contributed by atoms with van der Waals surface area (Å²) in [4.78, 5) is 47.8. The lowest BCUT2D eigenvalue weighted by Crippen LogP contribution is -2.28. The van der Waals surface area contributed by atoms with Crippen molar-refractivity contribution >= 4 is 23.5 Å². The smallest absolute Gasteiger partial charge is 0.262 e. The highest BCUT2D eigenvalue weighted by atomic mass is 19.1. The Balaban J connectivity index is 2.40. The van der Waals surface area contributed by atoms with Gasteiger partial charge in [0.15, 0.2) is 0 Å². The lowest BCUT2D eigenvalue weighted by molar-refractivity contribution is 0.0878. The summed E-state index contributed by atoms with van der Waals surface area (Å²) in [7, 11) is 1.35. The molecule has 0 saturated heterocycles. The number of nitrogens with one attached hydrogen (secondary N) is 2. The monoisotopic (exact) mass is 330 g/mol. The molecule has 9 heteroatoms. The summed E-state index contributed by atoms with van der Waals surface area (Å²) in [5.41, 5.74) is 4.06. The van der Waals surface area contributed by atoms with Gasteiger partial charge in [-0.1, -0.05) is 6.07 Å². The molecule has 0 bridgehead atoms. The van der Waals surface area contributed by atoms with Crippen molar-refractivity contribution in [2.75, 3.05) is 12.8 Å². The summed E-state index contributed by atoms with van der Waals surface area (Å²) < 4.78 is 15.1. The number of nitrogen functional groups attached to an aromatic ring is 1. The second-order valence-corrected chi connectivity index (χ2v) is 4.99. The van der Waals surface area contributed by atoms with E-state index in [2.05, 4.69) is 5.32 Å². The number of carbonyl (C=O) groups excluding carboxylic acids is 3. The summed E-state index contributed by atoms with van der Waals surface area (Å²) >= 11 is 0. The van der Waals surface area contributed by atoms with Crippen LogP contribution < -0.4 is 21.9 Å². The number of imide groups is 1. The van der Waals surface area contributed by atoms with E-state index in [1.165, 1.54) is 19.2 Å².